The highest BCUT2D eigenvalue weighted by molar-refractivity contribution is 7.09. The van der Waals surface area contributed by atoms with Gasteiger partial charge in [0.2, 0.25) is 0 Å². The van der Waals surface area contributed by atoms with Gasteiger partial charge in [-0.05, 0) is 20.8 Å². The van der Waals surface area contributed by atoms with E-state index in [1.54, 1.807) is 11.3 Å². The molecule has 1 aromatic heterocycles. The van der Waals surface area contributed by atoms with Gasteiger partial charge in [-0.15, -0.1) is 11.3 Å². The van der Waals surface area contributed by atoms with Gasteiger partial charge in [0.05, 0.1) is 12.2 Å². The molecular formula is C15H19N3O2S. The lowest BCUT2D eigenvalue weighted by atomic mass is 10.2. The van der Waals surface area contributed by atoms with Crippen molar-refractivity contribution >= 4 is 17.4 Å². The molecule has 1 aromatic carbocycles. The molecule has 0 bridgehead atoms. The summed E-state index contributed by atoms with van der Waals surface area (Å²) in [6.07, 6.45) is -0.498. The lowest BCUT2D eigenvalue weighted by Crippen LogP contribution is -2.40. The number of thiazole rings is 1. The van der Waals surface area contributed by atoms with Gasteiger partial charge in [0.15, 0.2) is 0 Å². The first kappa shape index (κ1) is 15.5. The second-order valence-electron chi connectivity index (χ2n) is 5.47. The Morgan fingerprint density at radius 1 is 1.29 bits per heavy atom. The quantitative estimate of drug-likeness (QED) is 0.850. The fourth-order valence-corrected chi connectivity index (χ4v) is 2.37. The Labute approximate surface area is 128 Å². The van der Waals surface area contributed by atoms with E-state index < -0.39 is 11.7 Å². The van der Waals surface area contributed by atoms with E-state index in [9.17, 15) is 4.79 Å². The van der Waals surface area contributed by atoms with Gasteiger partial charge < -0.3 is 4.74 Å². The van der Waals surface area contributed by atoms with E-state index in [1.807, 2.05) is 56.5 Å². The lowest BCUT2D eigenvalue weighted by Gasteiger charge is -2.19. The number of amides is 1. The highest BCUT2D eigenvalue weighted by atomic mass is 32.1. The smallest absolute Gasteiger partial charge is 0.422 e. The van der Waals surface area contributed by atoms with E-state index in [-0.39, 0.29) is 0 Å². The van der Waals surface area contributed by atoms with Crippen LogP contribution in [0.1, 0.15) is 25.8 Å². The van der Waals surface area contributed by atoms with Crippen molar-refractivity contribution in [2.24, 2.45) is 0 Å². The van der Waals surface area contributed by atoms with Crippen molar-refractivity contribution in [3.05, 3.63) is 40.7 Å². The molecule has 2 rings (SSSR count). The van der Waals surface area contributed by atoms with Gasteiger partial charge >= 0.3 is 6.09 Å². The number of carbonyl (C=O) groups excluding carboxylic acids is 1. The minimum atomic E-state index is -0.507. The number of rotatable bonds is 4. The molecule has 6 heteroatoms. The Hall–Kier alpha value is -1.92. The van der Waals surface area contributed by atoms with Crippen molar-refractivity contribution in [2.45, 2.75) is 32.9 Å². The van der Waals surface area contributed by atoms with Crippen molar-refractivity contribution in [2.75, 3.05) is 0 Å². The van der Waals surface area contributed by atoms with Crippen molar-refractivity contribution in [1.29, 1.82) is 0 Å². The molecule has 0 aliphatic carbocycles. The maximum absolute atomic E-state index is 11.5. The third-order valence-electron chi connectivity index (χ3n) is 2.45. The summed E-state index contributed by atoms with van der Waals surface area (Å²) in [6.45, 7) is 5.91. The molecule has 5 nitrogen and oxygen atoms in total. The van der Waals surface area contributed by atoms with Crippen LogP contribution in [0.25, 0.3) is 11.3 Å². The summed E-state index contributed by atoms with van der Waals surface area (Å²) in [5, 5.41) is 2.89. The largest absolute Gasteiger partial charge is 0.443 e. The number of aromatic nitrogens is 1. The molecule has 0 unspecified atom stereocenters. The second-order valence-corrected chi connectivity index (χ2v) is 6.42. The van der Waals surface area contributed by atoms with E-state index in [4.69, 9.17) is 4.74 Å². The summed E-state index contributed by atoms with van der Waals surface area (Å²) in [6, 6.07) is 9.98. The SMILES string of the molecule is CC(C)(C)OC(=O)NNCc1nc(-c2ccccc2)cs1. The molecule has 2 N–H and O–H groups in total. The molecule has 112 valence electrons. The molecular weight excluding hydrogens is 286 g/mol. The number of nitrogens with one attached hydrogen (secondary N) is 2. The zero-order valence-corrected chi connectivity index (χ0v) is 13.2. The highest BCUT2D eigenvalue weighted by Gasteiger charge is 2.15. The van der Waals surface area contributed by atoms with Crippen LogP contribution in [0.2, 0.25) is 0 Å². The Morgan fingerprint density at radius 2 is 2.00 bits per heavy atom. The fourth-order valence-electron chi connectivity index (χ4n) is 1.63. The molecule has 1 amide bonds. The first-order valence-electron chi connectivity index (χ1n) is 6.66. The molecule has 0 saturated heterocycles. The Kier molecular flexibility index (Phi) is 4.93. The van der Waals surface area contributed by atoms with Crippen LogP contribution in [-0.2, 0) is 11.3 Å². The minimum Gasteiger partial charge on any atom is -0.443 e. The number of hydrazine groups is 1. The van der Waals surface area contributed by atoms with Crippen molar-refractivity contribution < 1.29 is 9.53 Å². The first-order valence-corrected chi connectivity index (χ1v) is 7.54. The molecule has 0 atom stereocenters. The monoisotopic (exact) mass is 305 g/mol. The van der Waals surface area contributed by atoms with Gasteiger partial charge in [0.1, 0.15) is 10.6 Å². The molecule has 0 aliphatic heterocycles. The number of nitrogens with zero attached hydrogens (tertiary/aromatic N) is 1. The molecule has 0 saturated carbocycles. The predicted octanol–water partition coefficient (Wildman–Crippen LogP) is 3.34. The van der Waals surface area contributed by atoms with E-state index in [0.29, 0.717) is 6.54 Å². The number of benzene rings is 1. The van der Waals surface area contributed by atoms with Gasteiger partial charge in [-0.25, -0.2) is 15.2 Å². The van der Waals surface area contributed by atoms with Crippen LogP contribution in [0.3, 0.4) is 0 Å². The summed E-state index contributed by atoms with van der Waals surface area (Å²) in [7, 11) is 0. The van der Waals surface area contributed by atoms with Crippen molar-refractivity contribution in [3.63, 3.8) is 0 Å². The Balaban J connectivity index is 1.83. The van der Waals surface area contributed by atoms with Crippen LogP contribution in [0.15, 0.2) is 35.7 Å². The normalized spacial score (nSPS) is 11.2. The van der Waals surface area contributed by atoms with Gasteiger partial charge in [-0.2, -0.15) is 0 Å². The fraction of sp³-hybridized carbons (Fsp3) is 0.333. The number of hydrogen-bond acceptors (Lipinski definition) is 5. The van der Waals surface area contributed by atoms with E-state index in [0.717, 1.165) is 16.3 Å². The standard InChI is InChI=1S/C15H19N3O2S/c1-15(2,3)20-14(19)18-16-9-13-17-12(10-21-13)11-7-5-4-6-8-11/h4-8,10,16H,9H2,1-3H3,(H,18,19). The van der Waals surface area contributed by atoms with Crippen LogP contribution >= 0.6 is 11.3 Å². The van der Waals surface area contributed by atoms with Crippen LogP contribution in [0, 0.1) is 0 Å². The third kappa shape index (κ3) is 5.17. The molecule has 0 spiro atoms. The molecule has 0 aliphatic rings. The van der Waals surface area contributed by atoms with Gasteiger partial charge in [-0.1, -0.05) is 30.3 Å². The Morgan fingerprint density at radius 3 is 2.67 bits per heavy atom. The second kappa shape index (κ2) is 6.69. The van der Waals surface area contributed by atoms with Gasteiger partial charge in [0.25, 0.3) is 0 Å². The topological polar surface area (TPSA) is 63.2 Å². The summed E-state index contributed by atoms with van der Waals surface area (Å²) in [5.74, 6) is 0. The number of ether oxygens (including phenoxy) is 1. The number of hydrogen-bond donors (Lipinski definition) is 2. The predicted molar refractivity (Wildman–Crippen MR) is 83.8 cm³/mol. The summed E-state index contributed by atoms with van der Waals surface area (Å²) < 4.78 is 5.12. The molecule has 2 aromatic rings. The number of carbonyl (C=O) groups is 1. The van der Waals surface area contributed by atoms with Crippen LogP contribution in [-0.4, -0.2) is 16.7 Å². The highest BCUT2D eigenvalue weighted by Crippen LogP contribution is 2.21. The van der Waals surface area contributed by atoms with E-state index in [2.05, 4.69) is 15.8 Å². The average Bonchev–Trinajstić information content (AvgIpc) is 2.86. The van der Waals surface area contributed by atoms with Gasteiger partial charge in [0, 0.05) is 10.9 Å². The van der Waals surface area contributed by atoms with Crippen molar-refractivity contribution in [3.8, 4) is 11.3 Å². The molecule has 21 heavy (non-hydrogen) atoms. The average molecular weight is 305 g/mol. The Bertz CT molecular complexity index is 590. The molecule has 1 heterocycles. The zero-order chi connectivity index (χ0) is 15.3. The van der Waals surface area contributed by atoms with Crippen LogP contribution in [0.4, 0.5) is 4.79 Å². The summed E-state index contributed by atoms with van der Waals surface area (Å²) in [4.78, 5) is 16.0. The van der Waals surface area contributed by atoms with Gasteiger partial charge in [-0.3, -0.25) is 5.43 Å². The maximum Gasteiger partial charge on any atom is 0.422 e. The molecule has 0 fully saturated rings. The summed E-state index contributed by atoms with van der Waals surface area (Å²) in [5.41, 5.74) is 6.82. The first-order chi connectivity index (χ1) is 9.94. The van der Waals surface area contributed by atoms with Crippen LogP contribution < -0.4 is 10.9 Å². The van der Waals surface area contributed by atoms with Crippen molar-refractivity contribution in [1.82, 2.24) is 15.8 Å². The lowest BCUT2D eigenvalue weighted by molar-refractivity contribution is 0.0497. The third-order valence-corrected chi connectivity index (χ3v) is 3.30. The maximum atomic E-state index is 11.5. The van der Waals surface area contributed by atoms with Crippen LogP contribution in [0.5, 0.6) is 0 Å². The zero-order valence-electron chi connectivity index (χ0n) is 12.3. The van der Waals surface area contributed by atoms with E-state index in [1.165, 1.54) is 0 Å². The summed E-state index contributed by atoms with van der Waals surface area (Å²) >= 11 is 1.54. The van der Waals surface area contributed by atoms with E-state index >= 15 is 0 Å². The minimum absolute atomic E-state index is 0.455. The molecule has 0 radical (unpaired) electrons.